The molecule has 1 amide bonds. The van der Waals surface area contributed by atoms with E-state index in [4.69, 9.17) is 0 Å². The summed E-state index contributed by atoms with van der Waals surface area (Å²) in [7, 11) is 0. The van der Waals surface area contributed by atoms with Crippen LogP contribution in [0.15, 0.2) is 6.20 Å². The fourth-order valence-electron chi connectivity index (χ4n) is 1.54. The molecule has 6 heteroatoms. The first-order chi connectivity index (χ1) is 6.58. The summed E-state index contributed by atoms with van der Waals surface area (Å²) in [6.45, 7) is 2.73. The predicted octanol–water partition coefficient (Wildman–Crippen LogP) is 0.135. The molecular weight excluding hydrogens is 202 g/mol. The fourth-order valence-corrected chi connectivity index (χ4v) is 2.02. The molecule has 1 unspecified atom stereocenters. The highest BCUT2D eigenvalue weighted by Crippen LogP contribution is 2.22. The summed E-state index contributed by atoms with van der Waals surface area (Å²) in [5, 5.41) is 13.3. The second-order valence-electron chi connectivity index (χ2n) is 3.76. The summed E-state index contributed by atoms with van der Waals surface area (Å²) in [5.74, 6) is -0.0854. The second-order valence-corrected chi connectivity index (χ2v) is 4.54. The van der Waals surface area contributed by atoms with Gasteiger partial charge in [0.15, 0.2) is 0 Å². The average molecular weight is 213 g/mol. The smallest absolute Gasteiger partial charge is 0.267 e. The van der Waals surface area contributed by atoms with Crippen molar-refractivity contribution in [3.63, 3.8) is 0 Å². The van der Waals surface area contributed by atoms with E-state index in [1.54, 1.807) is 11.8 Å². The number of carbonyl (C=O) groups is 1. The molecule has 14 heavy (non-hydrogen) atoms. The van der Waals surface area contributed by atoms with Crippen molar-refractivity contribution in [2.24, 2.45) is 0 Å². The van der Waals surface area contributed by atoms with Gasteiger partial charge in [0.05, 0.1) is 11.8 Å². The van der Waals surface area contributed by atoms with E-state index in [9.17, 15) is 9.90 Å². The zero-order chi connectivity index (χ0) is 10.2. The van der Waals surface area contributed by atoms with Crippen LogP contribution in [-0.2, 0) is 0 Å². The maximum atomic E-state index is 11.7. The van der Waals surface area contributed by atoms with Crippen molar-refractivity contribution in [1.29, 1.82) is 0 Å². The van der Waals surface area contributed by atoms with Gasteiger partial charge in [0.1, 0.15) is 4.88 Å². The van der Waals surface area contributed by atoms with Crippen molar-refractivity contribution in [3.8, 4) is 0 Å². The Kier molecular flexibility index (Phi) is 2.24. The SMILES string of the molecule is CC1(O)CCN(C(=O)c2cnns2)C1. The number of amides is 1. The van der Waals surface area contributed by atoms with Crippen LogP contribution < -0.4 is 0 Å². The molecule has 5 nitrogen and oxygen atoms in total. The Morgan fingerprint density at radius 2 is 2.57 bits per heavy atom. The van der Waals surface area contributed by atoms with Gasteiger partial charge in [-0.25, -0.2) is 0 Å². The van der Waals surface area contributed by atoms with Crippen molar-refractivity contribution in [3.05, 3.63) is 11.1 Å². The molecular formula is C8H11N3O2S. The lowest BCUT2D eigenvalue weighted by Gasteiger charge is -2.17. The Morgan fingerprint density at radius 1 is 1.79 bits per heavy atom. The summed E-state index contributed by atoms with van der Waals surface area (Å²) in [5.41, 5.74) is -0.742. The molecule has 0 radical (unpaired) electrons. The predicted molar refractivity (Wildman–Crippen MR) is 51.1 cm³/mol. The lowest BCUT2D eigenvalue weighted by Crippen LogP contribution is -2.33. The summed E-state index contributed by atoms with van der Waals surface area (Å²) < 4.78 is 3.63. The molecule has 1 atom stereocenters. The van der Waals surface area contributed by atoms with Gasteiger partial charge in [-0.3, -0.25) is 4.79 Å². The van der Waals surface area contributed by atoms with E-state index in [2.05, 4.69) is 9.59 Å². The number of rotatable bonds is 1. The maximum absolute atomic E-state index is 11.7. The molecule has 0 aliphatic carbocycles. The van der Waals surface area contributed by atoms with E-state index in [-0.39, 0.29) is 5.91 Å². The minimum absolute atomic E-state index is 0.0854. The minimum Gasteiger partial charge on any atom is -0.388 e. The van der Waals surface area contributed by atoms with Crippen molar-refractivity contribution in [1.82, 2.24) is 14.5 Å². The number of aliphatic hydroxyl groups is 1. The van der Waals surface area contributed by atoms with Crippen LogP contribution in [0.3, 0.4) is 0 Å². The first kappa shape index (κ1) is 9.54. The van der Waals surface area contributed by atoms with Crippen LogP contribution in [0.4, 0.5) is 0 Å². The molecule has 76 valence electrons. The molecule has 0 spiro atoms. The summed E-state index contributed by atoms with van der Waals surface area (Å²) >= 11 is 1.08. The molecule has 1 aromatic heterocycles. The molecule has 2 rings (SSSR count). The quantitative estimate of drug-likeness (QED) is 0.720. The largest absolute Gasteiger partial charge is 0.388 e. The van der Waals surface area contributed by atoms with Gasteiger partial charge in [0, 0.05) is 13.1 Å². The molecule has 1 aromatic rings. The van der Waals surface area contributed by atoms with Crippen LogP contribution in [0.1, 0.15) is 23.0 Å². The third kappa shape index (κ3) is 1.76. The average Bonchev–Trinajstić information content (AvgIpc) is 2.72. The number of hydrogen-bond acceptors (Lipinski definition) is 5. The van der Waals surface area contributed by atoms with Gasteiger partial charge in [-0.15, -0.1) is 5.10 Å². The fraction of sp³-hybridized carbons (Fsp3) is 0.625. The van der Waals surface area contributed by atoms with Gasteiger partial charge in [-0.05, 0) is 24.9 Å². The molecule has 1 N–H and O–H groups in total. The van der Waals surface area contributed by atoms with Gasteiger partial charge in [0.25, 0.3) is 5.91 Å². The van der Waals surface area contributed by atoms with Crippen LogP contribution in [0.5, 0.6) is 0 Å². The molecule has 1 fully saturated rings. The van der Waals surface area contributed by atoms with E-state index in [0.717, 1.165) is 11.5 Å². The maximum Gasteiger partial charge on any atom is 0.267 e. The molecule has 1 aliphatic heterocycles. The van der Waals surface area contributed by atoms with E-state index in [1.807, 2.05) is 0 Å². The van der Waals surface area contributed by atoms with E-state index < -0.39 is 5.60 Å². The topological polar surface area (TPSA) is 66.3 Å². The summed E-state index contributed by atoms with van der Waals surface area (Å²) in [4.78, 5) is 13.9. The molecule has 0 aromatic carbocycles. The second kappa shape index (κ2) is 3.29. The summed E-state index contributed by atoms with van der Waals surface area (Å²) in [6.07, 6.45) is 2.09. The molecule has 1 saturated heterocycles. The van der Waals surface area contributed by atoms with Gasteiger partial charge in [-0.2, -0.15) is 0 Å². The number of nitrogens with zero attached hydrogens (tertiary/aromatic N) is 3. The van der Waals surface area contributed by atoms with Gasteiger partial charge in [-0.1, -0.05) is 4.49 Å². The Labute approximate surface area is 85.5 Å². The molecule has 2 heterocycles. The van der Waals surface area contributed by atoms with Gasteiger partial charge >= 0.3 is 0 Å². The Balaban J connectivity index is 2.08. The first-order valence-corrected chi connectivity index (χ1v) is 5.15. The monoisotopic (exact) mass is 213 g/mol. The molecule has 0 saturated carbocycles. The molecule has 1 aliphatic rings. The highest BCUT2D eigenvalue weighted by molar-refractivity contribution is 7.07. The lowest BCUT2D eigenvalue weighted by molar-refractivity contribution is 0.0574. The lowest BCUT2D eigenvalue weighted by atomic mass is 10.1. The zero-order valence-electron chi connectivity index (χ0n) is 7.80. The van der Waals surface area contributed by atoms with Crippen LogP contribution in [0.2, 0.25) is 0 Å². The molecule has 0 bridgehead atoms. The third-order valence-corrected chi connectivity index (χ3v) is 2.96. The normalized spacial score (nSPS) is 26.9. The van der Waals surface area contributed by atoms with Gasteiger partial charge in [0.2, 0.25) is 0 Å². The highest BCUT2D eigenvalue weighted by Gasteiger charge is 2.34. The summed E-state index contributed by atoms with van der Waals surface area (Å²) in [6, 6.07) is 0. The number of aromatic nitrogens is 2. The number of carbonyl (C=O) groups excluding carboxylic acids is 1. The van der Waals surface area contributed by atoms with E-state index in [0.29, 0.717) is 24.4 Å². The standard InChI is InChI=1S/C8H11N3O2S/c1-8(13)2-3-11(5-8)7(12)6-4-9-10-14-6/h4,13H,2-3,5H2,1H3. The first-order valence-electron chi connectivity index (χ1n) is 4.37. The van der Waals surface area contributed by atoms with Crippen molar-refractivity contribution >= 4 is 17.4 Å². The Bertz CT molecular complexity index is 336. The minimum atomic E-state index is -0.742. The number of hydrogen-bond donors (Lipinski definition) is 1. The number of β-amino-alcohol motifs (C(OH)–C–C–N with tert-alkyl or cyclic N) is 1. The number of likely N-dealkylation sites (tertiary alicyclic amines) is 1. The van der Waals surface area contributed by atoms with Crippen LogP contribution in [0.25, 0.3) is 0 Å². The van der Waals surface area contributed by atoms with Gasteiger partial charge < -0.3 is 10.0 Å². The van der Waals surface area contributed by atoms with E-state index in [1.165, 1.54) is 6.20 Å². The van der Waals surface area contributed by atoms with Crippen molar-refractivity contribution < 1.29 is 9.90 Å². The zero-order valence-corrected chi connectivity index (χ0v) is 8.62. The van der Waals surface area contributed by atoms with Crippen molar-refractivity contribution in [2.75, 3.05) is 13.1 Å². The van der Waals surface area contributed by atoms with E-state index >= 15 is 0 Å². The third-order valence-electron chi connectivity index (χ3n) is 2.31. The van der Waals surface area contributed by atoms with Crippen LogP contribution in [-0.4, -0.2) is 44.2 Å². The van der Waals surface area contributed by atoms with Crippen LogP contribution >= 0.6 is 11.5 Å². The van der Waals surface area contributed by atoms with Crippen LogP contribution in [0, 0.1) is 0 Å². The van der Waals surface area contributed by atoms with Crippen molar-refractivity contribution in [2.45, 2.75) is 18.9 Å². The highest BCUT2D eigenvalue weighted by atomic mass is 32.1. The Hall–Kier alpha value is -1.01. The Morgan fingerprint density at radius 3 is 3.07 bits per heavy atom.